The van der Waals surface area contributed by atoms with Gasteiger partial charge in [-0.3, -0.25) is 4.98 Å². The first-order chi connectivity index (χ1) is 13.8. The van der Waals surface area contributed by atoms with Crippen LogP contribution in [-0.2, 0) is 9.84 Å². The van der Waals surface area contributed by atoms with E-state index >= 15 is 0 Å². The first-order valence-corrected chi connectivity index (χ1v) is 10.6. The number of aryl methyl sites for hydroxylation is 1. The molecule has 146 valence electrons. The van der Waals surface area contributed by atoms with Crippen LogP contribution in [0.2, 0.25) is 0 Å². The number of hydrogen-bond acceptors (Lipinski definition) is 5. The largest absolute Gasteiger partial charge is 0.256 e. The summed E-state index contributed by atoms with van der Waals surface area (Å²) in [7, 11) is -3.31. The van der Waals surface area contributed by atoms with Crippen LogP contribution < -0.4 is 0 Å². The quantitative estimate of drug-likeness (QED) is 0.614. The first-order valence-electron chi connectivity index (χ1n) is 9.01. The van der Waals surface area contributed by atoms with Gasteiger partial charge in [0.15, 0.2) is 9.84 Å². The van der Waals surface area contributed by atoms with Crippen molar-refractivity contribution in [3.63, 3.8) is 0 Å². The third kappa shape index (κ3) is 4.51. The molecule has 2 aromatic carbocycles. The average Bonchev–Trinajstić information content (AvgIpc) is 2.73. The summed E-state index contributed by atoms with van der Waals surface area (Å²) in [5.41, 5.74) is 3.99. The zero-order valence-electron chi connectivity index (χ0n) is 16.3. The van der Waals surface area contributed by atoms with Gasteiger partial charge in [0.05, 0.1) is 39.4 Å². The lowest BCUT2D eigenvalue weighted by Gasteiger charge is -2.09. The third-order valence-electron chi connectivity index (χ3n) is 4.39. The van der Waals surface area contributed by atoms with E-state index in [4.69, 9.17) is 5.26 Å². The molecule has 0 aliphatic rings. The van der Waals surface area contributed by atoms with Gasteiger partial charge in [-0.25, -0.2) is 13.4 Å². The van der Waals surface area contributed by atoms with Crippen LogP contribution in [0.5, 0.6) is 0 Å². The second-order valence-corrected chi connectivity index (χ2v) is 9.25. The van der Waals surface area contributed by atoms with E-state index in [1.165, 1.54) is 0 Å². The van der Waals surface area contributed by atoms with Crippen LogP contribution >= 0.6 is 0 Å². The van der Waals surface area contributed by atoms with Crippen LogP contribution in [0.1, 0.15) is 37.8 Å². The molecule has 0 aliphatic carbocycles. The highest BCUT2D eigenvalue weighted by Gasteiger charge is 2.19. The molecule has 0 radical (unpaired) electrons. The maximum atomic E-state index is 12.3. The van der Waals surface area contributed by atoms with E-state index in [1.807, 2.05) is 6.92 Å². The number of aromatic nitrogens is 2. The molecular weight excluding hydrogens is 382 g/mol. The lowest BCUT2D eigenvalue weighted by molar-refractivity contribution is 0.587. The van der Waals surface area contributed by atoms with E-state index in [-0.39, 0.29) is 6.32 Å². The van der Waals surface area contributed by atoms with Crippen molar-refractivity contribution >= 4 is 9.84 Å². The number of nitrogens with zero attached hydrogens (tertiary/aromatic N) is 3. The van der Waals surface area contributed by atoms with Gasteiger partial charge < -0.3 is 0 Å². The van der Waals surface area contributed by atoms with E-state index in [0.717, 1.165) is 11.1 Å². The van der Waals surface area contributed by atoms with Gasteiger partial charge >= 0.3 is 0 Å². The highest BCUT2D eigenvalue weighted by Crippen LogP contribution is 2.22. The first kappa shape index (κ1) is 20.3. The molecule has 0 aliphatic heterocycles. The van der Waals surface area contributed by atoms with Crippen molar-refractivity contribution in [1.29, 1.82) is 5.26 Å². The van der Waals surface area contributed by atoms with Gasteiger partial charge in [-0.1, -0.05) is 18.1 Å². The van der Waals surface area contributed by atoms with Gasteiger partial charge in [0.2, 0.25) is 0 Å². The standard InChI is InChI=1S/C23H19N3O2S.H2/c1-16(2)29(27,28)21-11-9-20(10-12-21)23-15-25-17(3)22(26-23)13-8-18-4-6-19(14-24)7-5-18;/h4-7,9-12,15-16H,1-3H3;1H. The van der Waals surface area contributed by atoms with Gasteiger partial charge in [-0.15, -0.1) is 0 Å². The van der Waals surface area contributed by atoms with E-state index in [0.29, 0.717) is 22.6 Å². The van der Waals surface area contributed by atoms with Crippen molar-refractivity contribution in [3.8, 4) is 29.2 Å². The molecular formula is C23H21N3O2S. The SMILES string of the molecule is Cc1ncc(-c2ccc(S(=O)(=O)C(C)C)cc2)nc1C#Cc1ccc(C#N)cc1.[HH]. The van der Waals surface area contributed by atoms with Crippen LogP contribution in [0, 0.1) is 30.1 Å². The Morgan fingerprint density at radius 2 is 1.59 bits per heavy atom. The zero-order chi connectivity index (χ0) is 21.0. The molecule has 0 bridgehead atoms. The maximum absolute atomic E-state index is 12.3. The molecule has 6 heteroatoms. The Bertz CT molecular complexity index is 1250. The van der Waals surface area contributed by atoms with E-state index in [9.17, 15) is 8.42 Å². The van der Waals surface area contributed by atoms with Gasteiger partial charge in [0, 0.05) is 12.6 Å². The van der Waals surface area contributed by atoms with Crippen LogP contribution in [0.15, 0.2) is 59.6 Å². The van der Waals surface area contributed by atoms with Crippen LogP contribution in [0.25, 0.3) is 11.3 Å². The minimum absolute atomic E-state index is 0. The summed E-state index contributed by atoms with van der Waals surface area (Å²) in [6.45, 7) is 5.15. The molecule has 1 heterocycles. The summed E-state index contributed by atoms with van der Waals surface area (Å²) in [5, 5.41) is 8.39. The molecule has 1 aromatic heterocycles. The molecule has 0 N–H and O–H groups in total. The summed E-state index contributed by atoms with van der Waals surface area (Å²) in [6.07, 6.45) is 1.65. The van der Waals surface area contributed by atoms with Crippen LogP contribution in [0.3, 0.4) is 0 Å². The predicted molar refractivity (Wildman–Crippen MR) is 114 cm³/mol. The van der Waals surface area contributed by atoms with Crippen molar-refractivity contribution < 1.29 is 9.84 Å². The molecule has 0 atom stereocenters. The maximum Gasteiger partial charge on any atom is 0.180 e. The molecule has 0 amide bonds. The zero-order valence-corrected chi connectivity index (χ0v) is 17.2. The van der Waals surface area contributed by atoms with Crippen LogP contribution in [-0.4, -0.2) is 23.6 Å². The van der Waals surface area contributed by atoms with Gasteiger partial charge in [0.1, 0.15) is 5.69 Å². The molecule has 0 unspecified atom stereocenters. The minimum atomic E-state index is -3.31. The molecule has 3 rings (SSSR count). The summed E-state index contributed by atoms with van der Waals surface area (Å²) < 4.78 is 24.5. The van der Waals surface area contributed by atoms with Gasteiger partial charge in [0.25, 0.3) is 0 Å². The van der Waals surface area contributed by atoms with Gasteiger partial charge in [-0.2, -0.15) is 5.26 Å². The second-order valence-electron chi connectivity index (χ2n) is 6.75. The molecule has 5 nitrogen and oxygen atoms in total. The minimum Gasteiger partial charge on any atom is -0.256 e. The van der Waals surface area contributed by atoms with Crippen molar-refractivity contribution in [2.75, 3.05) is 0 Å². The lowest BCUT2D eigenvalue weighted by atomic mass is 10.1. The lowest BCUT2D eigenvalue weighted by Crippen LogP contribution is -2.13. The Balaban J connectivity index is 0.00000320. The molecule has 0 spiro atoms. The van der Waals surface area contributed by atoms with E-state index in [2.05, 4.69) is 27.9 Å². The third-order valence-corrected chi connectivity index (χ3v) is 6.56. The van der Waals surface area contributed by atoms with Crippen molar-refractivity contribution in [1.82, 2.24) is 9.97 Å². The van der Waals surface area contributed by atoms with E-state index < -0.39 is 15.1 Å². The van der Waals surface area contributed by atoms with E-state index in [1.54, 1.807) is 68.6 Å². The molecule has 3 aromatic rings. The second kappa shape index (κ2) is 8.26. The van der Waals surface area contributed by atoms with Crippen molar-refractivity contribution in [2.24, 2.45) is 0 Å². The number of rotatable bonds is 3. The molecule has 0 saturated heterocycles. The smallest absolute Gasteiger partial charge is 0.180 e. The monoisotopic (exact) mass is 403 g/mol. The number of nitriles is 1. The fraction of sp³-hybridized carbons (Fsp3) is 0.174. The normalized spacial score (nSPS) is 10.9. The van der Waals surface area contributed by atoms with Gasteiger partial charge in [-0.05, 0) is 63.1 Å². The average molecular weight is 404 g/mol. The Morgan fingerprint density at radius 1 is 0.966 bits per heavy atom. The predicted octanol–water partition coefficient (Wildman–Crippen LogP) is 4.15. The Labute approximate surface area is 172 Å². The number of sulfone groups is 1. The Kier molecular flexibility index (Phi) is 5.77. The highest BCUT2D eigenvalue weighted by atomic mass is 32.2. The van der Waals surface area contributed by atoms with Crippen molar-refractivity contribution in [3.05, 3.63) is 77.2 Å². The Hall–Kier alpha value is -3.48. The van der Waals surface area contributed by atoms with Crippen molar-refractivity contribution in [2.45, 2.75) is 30.9 Å². The van der Waals surface area contributed by atoms with Crippen LogP contribution in [0.4, 0.5) is 0 Å². The topological polar surface area (TPSA) is 83.7 Å². The summed E-state index contributed by atoms with van der Waals surface area (Å²) in [4.78, 5) is 9.24. The fourth-order valence-electron chi connectivity index (χ4n) is 2.55. The highest BCUT2D eigenvalue weighted by molar-refractivity contribution is 7.92. The molecule has 0 saturated carbocycles. The molecule has 29 heavy (non-hydrogen) atoms. The Morgan fingerprint density at radius 3 is 2.17 bits per heavy atom. The summed E-state index contributed by atoms with van der Waals surface area (Å²) >= 11 is 0. The number of hydrogen-bond donors (Lipinski definition) is 0. The molecule has 0 fully saturated rings. The summed E-state index contributed by atoms with van der Waals surface area (Å²) in [6, 6.07) is 15.7. The number of benzene rings is 2. The summed E-state index contributed by atoms with van der Waals surface area (Å²) in [5.74, 6) is 6.06. The fourth-order valence-corrected chi connectivity index (χ4v) is 3.61.